The van der Waals surface area contributed by atoms with Crippen molar-refractivity contribution < 1.29 is 0 Å². The number of hydrogen-bond acceptors (Lipinski definition) is 1. The van der Waals surface area contributed by atoms with E-state index in [2.05, 4.69) is 83.9 Å². The Morgan fingerprint density at radius 1 is 0.833 bits per heavy atom. The lowest BCUT2D eigenvalue weighted by Crippen LogP contribution is -2.63. The molecule has 1 heteroatoms. The third-order valence-corrected chi connectivity index (χ3v) is 13.3. The first-order valence-electron chi connectivity index (χ1n) is 15.2. The molecule has 4 saturated carbocycles. The summed E-state index contributed by atoms with van der Waals surface area (Å²) in [6.45, 7) is 16.9. The second-order valence-electron chi connectivity index (χ2n) is 14.8. The van der Waals surface area contributed by atoms with Crippen LogP contribution in [0.2, 0.25) is 0 Å². The van der Waals surface area contributed by atoms with Crippen LogP contribution < -0.4 is 5.32 Å². The van der Waals surface area contributed by atoms with E-state index in [1.54, 1.807) is 5.57 Å². The van der Waals surface area contributed by atoms with E-state index in [1.165, 1.54) is 75.3 Å². The van der Waals surface area contributed by atoms with Crippen molar-refractivity contribution in [2.75, 3.05) is 7.05 Å². The summed E-state index contributed by atoms with van der Waals surface area (Å²) in [5.41, 5.74) is 7.08. The Hall–Kier alpha value is -1.34. The number of allylic oxidation sites excluding steroid dienone is 3. The maximum Gasteiger partial charge on any atom is 0.0209 e. The zero-order valence-electron chi connectivity index (χ0n) is 24.1. The molecule has 5 aliphatic rings. The quantitative estimate of drug-likeness (QED) is 0.450. The van der Waals surface area contributed by atoms with E-state index >= 15 is 0 Å². The fourth-order valence-corrected chi connectivity index (χ4v) is 11.7. The smallest absolute Gasteiger partial charge is 0.0209 e. The molecule has 0 bridgehead atoms. The van der Waals surface area contributed by atoms with Crippen LogP contribution in [0.4, 0.5) is 0 Å². The van der Waals surface area contributed by atoms with E-state index in [-0.39, 0.29) is 5.41 Å². The van der Waals surface area contributed by atoms with Gasteiger partial charge in [0.1, 0.15) is 0 Å². The van der Waals surface area contributed by atoms with Crippen molar-refractivity contribution in [3.8, 4) is 0 Å². The second-order valence-corrected chi connectivity index (χ2v) is 14.8. The third-order valence-electron chi connectivity index (χ3n) is 13.3. The van der Waals surface area contributed by atoms with Crippen LogP contribution >= 0.6 is 0 Å². The Kier molecular flexibility index (Phi) is 5.78. The molecule has 1 N–H and O–H groups in total. The predicted molar refractivity (Wildman–Crippen MR) is 155 cm³/mol. The molecule has 0 heterocycles. The minimum atomic E-state index is 0.217. The van der Waals surface area contributed by atoms with Crippen LogP contribution in [0.1, 0.15) is 110 Å². The molecule has 0 amide bonds. The fraction of sp³-hybridized carbons (Fsp3) is 0.714. The van der Waals surface area contributed by atoms with Crippen LogP contribution in [0.5, 0.6) is 0 Å². The summed E-state index contributed by atoms with van der Waals surface area (Å²) in [5.74, 6) is 4.48. The SMILES string of the molecule is C=C(C)c1ccc(C2=CCC3(C)C(CCC4(C)C5CCC6(NC)CCCC6C5CCC43)C2(C)C)cc1. The van der Waals surface area contributed by atoms with Crippen molar-refractivity contribution in [3.63, 3.8) is 0 Å². The van der Waals surface area contributed by atoms with Gasteiger partial charge in [-0.2, -0.15) is 0 Å². The number of fused-ring (bicyclic) bond motifs is 7. The molecule has 0 spiro atoms. The average molecular weight is 486 g/mol. The number of benzene rings is 1. The van der Waals surface area contributed by atoms with E-state index < -0.39 is 0 Å². The first-order valence-corrected chi connectivity index (χ1v) is 15.2. The Morgan fingerprint density at radius 2 is 1.58 bits per heavy atom. The van der Waals surface area contributed by atoms with Gasteiger partial charge in [0, 0.05) is 5.54 Å². The molecule has 0 saturated heterocycles. The molecule has 0 aromatic heterocycles. The molecule has 0 aliphatic heterocycles. The van der Waals surface area contributed by atoms with E-state index in [9.17, 15) is 0 Å². The predicted octanol–water partition coefficient (Wildman–Crippen LogP) is 9.15. The van der Waals surface area contributed by atoms with Gasteiger partial charge in [-0.1, -0.05) is 76.6 Å². The van der Waals surface area contributed by atoms with Crippen molar-refractivity contribution in [1.29, 1.82) is 0 Å². The molecule has 5 aliphatic carbocycles. The van der Waals surface area contributed by atoms with Gasteiger partial charge in [0.05, 0.1) is 0 Å². The molecule has 0 radical (unpaired) electrons. The summed E-state index contributed by atoms with van der Waals surface area (Å²) in [4.78, 5) is 0. The molecule has 8 unspecified atom stereocenters. The summed E-state index contributed by atoms with van der Waals surface area (Å²) in [5, 5.41) is 3.88. The number of hydrogen-bond donors (Lipinski definition) is 1. The van der Waals surface area contributed by atoms with Gasteiger partial charge in [-0.25, -0.2) is 0 Å². The van der Waals surface area contributed by atoms with Gasteiger partial charge < -0.3 is 5.32 Å². The molecule has 1 aromatic carbocycles. The number of nitrogens with one attached hydrogen (secondary N) is 1. The van der Waals surface area contributed by atoms with Crippen molar-refractivity contribution in [2.24, 2.45) is 45.8 Å². The van der Waals surface area contributed by atoms with Gasteiger partial charge in [0.25, 0.3) is 0 Å². The highest BCUT2D eigenvalue weighted by Gasteiger charge is 2.65. The van der Waals surface area contributed by atoms with E-state index in [1.807, 2.05) is 0 Å². The average Bonchev–Trinajstić information content (AvgIpc) is 3.29. The second kappa shape index (κ2) is 8.33. The van der Waals surface area contributed by atoms with Gasteiger partial charge in [-0.15, -0.1) is 0 Å². The largest absolute Gasteiger partial charge is 0.314 e. The lowest BCUT2D eigenvalue weighted by atomic mass is 9.37. The molecule has 36 heavy (non-hydrogen) atoms. The third kappa shape index (κ3) is 3.30. The maximum atomic E-state index is 4.14. The summed E-state index contributed by atoms with van der Waals surface area (Å²) in [6.07, 6.45) is 17.0. The standard InChI is InChI=1S/C35H51N/c1-23(2)24-10-12-25(13-11-24)27-16-20-34(6)30(32(27,3)4)18-21-33(5)28-17-22-35(36-7)19-8-9-29(35)26(28)14-15-31(33)34/h10-13,16,26,28-31,36H,1,8-9,14-15,17-22H2,2-7H3. The maximum absolute atomic E-state index is 4.14. The fourth-order valence-electron chi connectivity index (χ4n) is 11.7. The van der Waals surface area contributed by atoms with E-state index in [0.29, 0.717) is 16.4 Å². The monoisotopic (exact) mass is 485 g/mol. The summed E-state index contributed by atoms with van der Waals surface area (Å²) < 4.78 is 0. The Labute approximate surface area is 221 Å². The highest BCUT2D eigenvalue weighted by Crippen LogP contribution is 2.72. The Morgan fingerprint density at radius 3 is 2.28 bits per heavy atom. The van der Waals surface area contributed by atoms with Crippen LogP contribution in [0.25, 0.3) is 11.1 Å². The first kappa shape index (κ1) is 25.0. The number of rotatable bonds is 3. The molecular weight excluding hydrogens is 434 g/mol. The normalized spacial score (nSPS) is 45.1. The van der Waals surface area contributed by atoms with Crippen LogP contribution in [0.3, 0.4) is 0 Å². The molecule has 8 atom stereocenters. The van der Waals surface area contributed by atoms with Crippen LogP contribution in [-0.4, -0.2) is 12.6 Å². The lowest BCUT2D eigenvalue weighted by Gasteiger charge is -2.68. The topological polar surface area (TPSA) is 12.0 Å². The molecule has 196 valence electrons. The van der Waals surface area contributed by atoms with Crippen LogP contribution in [-0.2, 0) is 0 Å². The zero-order valence-corrected chi connectivity index (χ0v) is 24.1. The van der Waals surface area contributed by atoms with Crippen molar-refractivity contribution in [2.45, 2.75) is 104 Å². The summed E-state index contributed by atoms with van der Waals surface area (Å²) >= 11 is 0. The lowest BCUT2D eigenvalue weighted by molar-refractivity contribution is -0.172. The van der Waals surface area contributed by atoms with Gasteiger partial charge >= 0.3 is 0 Å². The molecule has 1 nitrogen and oxygen atoms in total. The summed E-state index contributed by atoms with van der Waals surface area (Å²) in [7, 11) is 2.26. The van der Waals surface area contributed by atoms with Crippen LogP contribution in [0, 0.1) is 45.8 Å². The van der Waals surface area contributed by atoms with Crippen molar-refractivity contribution in [3.05, 3.63) is 48.0 Å². The minimum Gasteiger partial charge on any atom is -0.314 e. The zero-order chi connectivity index (χ0) is 25.5. The minimum absolute atomic E-state index is 0.217. The van der Waals surface area contributed by atoms with Gasteiger partial charge in [-0.05, 0) is 134 Å². The highest BCUT2D eigenvalue weighted by atomic mass is 15.0. The van der Waals surface area contributed by atoms with Gasteiger partial charge in [0.2, 0.25) is 0 Å². The van der Waals surface area contributed by atoms with Crippen molar-refractivity contribution >= 4 is 11.1 Å². The van der Waals surface area contributed by atoms with Gasteiger partial charge in [-0.3, -0.25) is 0 Å². The highest BCUT2D eigenvalue weighted by molar-refractivity contribution is 5.73. The van der Waals surface area contributed by atoms with Crippen molar-refractivity contribution in [1.82, 2.24) is 5.32 Å². The Balaban J connectivity index is 1.32. The molecule has 1 aromatic rings. The van der Waals surface area contributed by atoms with E-state index in [0.717, 1.165) is 35.2 Å². The molecular formula is C35H51N. The van der Waals surface area contributed by atoms with Gasteiger partial charge in [0.15, 0.2) is 0 Å². The van der Waals surface area contributed by atoms with E-state index in [4.69, 9.17) is 0 Å². The molecule has 6 rings (SSSR count). The first-order chi connectivity index (χ1) is 17.1. The molecule has 4 fully saturated rings. The summed E-state index contributed by atoms with van der Waals surface area (Å²) in [6, 6.07) is 9.27. The Bertz CT molecular complexity index is 1060. The van der Waals surface area contributed by atoms with Crippen LogP contribution in [0.15, 0.2) is 36.9 Å².